The Hall–Kier alpha value is -5.16. The van der Waals surface area contributed by atoms with Crippen molar-refractivity contribution in [2.75, 3.05) is 6.61 Å². The quantitative estimate of drug-likeness (QED) is 0.113. The van der Waals surface area contributed by atoms with Crippen LogP contribution in [0.15, 0.2) is 133 Å². The number of ketones is 1. The Morgan fingerprint density at radius 2 is 1.13 bits per heavy atom. The molecule has 5 aromatic carbocycles. The zero-order valence-electron chi connectivity index (χ0n) is 21.2. The average molecular weight is 515 g/mol. The molecule has 5 nitrogen and oxygen atoms in total. The van der Waals surface area contributed by atoms with E-state index in [1.165, 1.54) is 0 Å². The molecule has 0 radical (unpaired) electrons. The Balaban J connectivity index is 1.16. The first kappa shape index (κ1) is 25.5. The molecule has 5 heteroatoms. The molecular weight excluding hydrogens is 488 g/mol. The van der Waals surface area contributed by atoms with Crippen molar-refractivity contribution in [3.05, 3.63) is 150 Å². The lowest BCUT2D eigenvalue weighted by Gasteiger charge is -2.12. The van der Waals surface area contributed by atoms with Crippen molar-refractivity contribution in [2.45, 2.75) is 6.61 Å². The minimum Gasteiger partial charge on any atom is -0.488 e. The van der Waals surface area contributed by atoms with Crippen LogP contribution in [0.1, 0.15) is 21.5 Å². The fourth-order valence-electron chi connectivity index (χ4n) is 4.01. The lowest BCUT2D eigenvalue weighted by Crippen LogP contribution is -2.17. The first-order chi connectivity index (χ1) is 19.2. The first-order valence-electron chi connectivity index (χ1n) is 12.6. The van der Waals surface area contributed by atoms with Crippen LogP contribution in [-0.4, -0.2) is 18.4 Å². The molecule has 0 unspecified atom stereocenters. The van der Waals surface area contributed by atoms with Crippen LogP contribution in [0.3, 0.4) is 0 Å². The molecule has 0 saturated heterocycles. The molecule has 0 aliphatic heterocycles. The van der Waals surface area contributed by atoms with Crippen molar-refractivity contribution in [1.82, 2.24) is 0 Å². The average Bonchev–Trinajstić information content (AvgIpc) is 3.00. The fraction of sp³-hybridized carbons (Fsp3) is 0.0588. The molecule has 0 fully saturated rings. The third kappa shape index (κ3) is 6.79. The first-order valence-corrected chi connectivity index (χ1v) is 12.6. The third-order valence-corrected chi connectivity index (χ3v) is 6.04. The molecule has 0 bridgehead atoms. The van der Waals surface area contributed by atoms with Crippen LogP contribution in [0.4, 0.5) is 0 Å². The molecule has 0 heterocycles. The van der Waals surface area contributed by atoms with Crippen molar-refractivity contribution in [2.24, 2.45) is 0 Å². The second-order valence-corrected chi connectivity index (χ2v) is 8.78. The van der Waals surface area contributed by atoms with Crippen LogP contribution < -0.4 is 14.2 Å². The van der Waals surface area contributed by atoms with Gasteiger partial charge >= 0.3 is 5.97 Å². The van der Waals surface area contributed by atoms with E-state index in [2.05, 4.69) is 0 Å². The van der Waals surface area contributed by atoms with E-state index in [0.29, 0.717) is 35.0 Å². The fourth-order valence-corrected chi connectivity index (χ4v) is 4.01. The van der Waals surface area contributed by atoms with E-state index in [-0.39, 0.29) is 12.4 Å². The van der Waals surface area contributed by atoms with Gasteiger partial charge in [0, 0.05) is 5.56 Å². The Bertz CT molecular complexity index is 1530. The molecule has 5 rings (SSSR count). The highest BCUT2D eigenvalue weighted by molar-refractivity contribution is 6.10. The number of hydrogen-bond acceptors (Lipinski definition) is 5. The van der Waals surface area contributed by atoms with Crippen LogP contribution in [0.25, 0.3) is 11.1 Å². The molecule has 0 aliphatic rings. The zero-order valence-corrected chi connectivity index (χ0v) is 21.2. The summed E-state index contributed by atoms with van der Waals surface area (Å²) in [6, 6.07) is 40.9. The maximum atomic E-state index is 12.9. The molecule has 192 valence electrons. The number of carbonyl (C=O) groups is 2. The third-order valence-electron chi connectivity index (χ3n) is 6.04. The van der Waals surface area contributed by atoms with E-state index in [1.54, 1.807) is 42.5 Å². The lowest BCUT2D eigenvalue weighted by atomic mass is 10.0. The van der Waals surface area contributed by atoms with Crippen molar-refractivity contribution in [3.8, 4) is 28.4 Å². The normalized spacial score (nSPS) is 10.5. The maximum absolute atomic E-state index is 12.9. The molecule has 0 atom stereocenters. The summed E-state index contributed by atoms with van der Waals surface area (Å²) >= 11 is 0. The van der Waals surface area contributed by atoms with E-state index in [4.69, 9.17) is 14.2 Å². The zero-order chi connectivity index (χ0) is 26.9. The van der Waals surface area contributed by atoms with Gasteiger partial charge in [-0.05, 0) is 53.1 Å². The molecule has 39 heavy (non-hydrogen) atoms. The standard InChI is InChI=1S/C34H26O5/c35-33(39-30-11-5-2-6-12-30)24-37-29-21-19-27(20-22-29)26-17-15-25(16-18-26)23-38-32-14-8-7-13-31(32)34(36)28-9-3-1-4-10-28/h1-22H,23-24H2. The number of benzene rings is 5. The number of hydrogen-bond donors (Lipinski definition) is 0. The molecular formula is C34H26O5. The van der Waals surface area contributed by atoms with Crippen molar-refractivity contribution in [3.63, 3.8) is 0 Å². The number of rotatable bonds is 10. The van der Waals surface area contributed by atoms with Gasteiger partial charge in [0.1, 0.15) is 23.9 Å². The number of esters is 1. The summed E-state index contributed by atoms with van der Waals surface area (Å²) in [4.78, 5) is 24.9. The topological polar surface area (TPSA) is 61.8 Å². The van der Waals surface area contributed by atoms with Gasteiger partial charge < -0.3 is 14.2 Å². The predicted octanol–water partition coefficient (Wildman–Crippen LogP) is 7.15. The molecule has 0 aliphatic carbocycles. The van der Waals surface area contributed by atoms with Gasteiger partial charge in [-0.3, -0.25) is 4.79 Å². The summed E-state index contributed by atoms with van der Waals surface area (Å²) in [6.07, 6.45) is 0. The van der Waals surface area contributed by atoms with Gasteiger partial charge in [0.15, 0.2) is 12.4 Å². The highest BCUT2D eigenvalue weighted by Crippen LogP contribution is 2.25. The Morgan fingerprint density at radius 1 is 0.538 bits per heavy atom. The summed E-state index contributed by atoms with van der Waals surface area (Å²) in [5.41, 5.74) is 4.20. The number of carbonyl (C=O) groups excluding carboxylic acids is 2. The highest BCUT2D eigenvalue weighted by Gasteiger charge is 2.14. The Morgan fingerprint density at radius 3 is 1.82 bits per heavy atom. The monoisotopic (exact) mass is 514 g/mol. The van der Waals surface area contributed by atoms with Crippen LogP contribution in [-0.2, 0) is 11.4 Å². The van der Waals surface area contributed by atoms with Gasteiger partial charge in [0.05, 0.1) is 5.56 Å². The number of para-hydroxylation sites is 2. The minimum atomic E-state index is -0.463. The van der Waals surface area contributed by atoms with Crippen LogP contribution in [0, 0.1) is 0 Å². The second kappa shape index (κ2) is 12.4. The maximum Gasteiger partial charge on any atom is 0.349 e. The summed E-state index contributed by atoms with van der Waals surface area (Å²) in [5, 5.41) is 0. The van der Waals surface area contributed by atoms with Gasteiger partial charge in [-0.15, -0.1) is 0 Å². The number of ether oxygens (including phenoxy) is 3. The van der Waals surface area contributed by atoms with Gasteiger partial charge in [-0.1, -0.05) is 97.1 Å². The molecule has 0 aromatic heterocycles. The van der Waals surface area contributed by atoms with Crippen LogP contribution >= 0.6 is 0 Å². The van der Waals surface area contributed by atoms with E-state index >= 15 is 0 Å². The summed E-state index contributed by atoms with van der Waals surface area (Å²) < 4.78 is 16.8. The Kier molecular flexibility index (Phi) is 8.10. The van der Waals surface area contributed by atoms with Gasteiger partial charge in [-0.25, -0.2) is 4.79 Å². The lowest BCUT2D eigenvalue weighted by molar-refractivity contribution is -0.136. The summed E-state index contributed by atoms with van der Waals surface area (Å²) in [6.45, 7) is 0.161. The second-order valence-electron chi connectivity index (χ2n) is 8.78. The molecule has 0 saturated carbocycles. The van der Waals surface area contributed by atoms with E-state index in [1.807, 2.05) is 91.0 Å². The molecule has 0 spiro atoms. The minimum absolute atomic E-state index is 0.0675. The molecule has 0 amide bonds. The van der Waals surface area contributed by atoms with E-state index in [9.17, 15) is 9.59 Å². The SMILES string of the molecule is O=C(COc1ccc(-c2ccc(COc3ccccc3C(=O)c3ccccc3)cc2)cc1)Oc1ccccc1. The van der Waals surface area contributed by atoms with Gasteiger partial charge in [-0.2, -0.15) is 0 Å². The van der Waals surface area contributed by atoms with Crippen molar-refractivity contribution in [1.29, 1.82) is 0 Å². The van der Waals surface area contributed by atoms with Gasteiger partial charge in [0.25, 0.3) is 0 Å². The molecule has 0 N–H and O–H groups in total. The van der Waals surface area contributed by atoms with Crippen LogP contribution in [0.2, 0.25) is 0 Å². The predicted molar refractivity (Wildman–Crippen MR) is 150 cm³/mol. The smallest absolute Gasteiger partial charge is 0.349 e. The summed E-state index contributed by atoms with van der Waals surface area (Å²) in [5.74, 6) is 1.09. The highest BCUT2D eigenvalue weighted by atomic mass is 16.6. The summed E-state index contributed by atoms with van der Waals surface area (Å²) in [7, 11) is 0. The molecule has 5 aromatic rings. The van der Waals surface area contributed by atoms with Crippen molar-refractivity contribution < 1.29 is 23.8 Å². The van der Waals surface area contributed by atoms with Crippen molar-refractivity contribution >= 4 is 11.8 Å². The largest absolute Gasteiger partial charge is 0.488 e. The van der Waals surface area contributed by atoms with Gasteiger partial charge in [0.2, 0.25) is 0 Å². The van der Waals surface area contributed by atoms with E-state index in [0.717, 1.165) is 16.7 Å². The van der Waals surface area contributed by atoms with E-state index < -0.39 is 5.97 Å². The Labute approximate surface area is 227 Å². The van der Waals surface area contributed by atoms with Crippen LogP contribution in [0.5, 0.6) is 17.2 Å².